The maximum Gasteiger partial charge on any atom is 0.308 e. The van der Waals surface area contributed by atoms with Gasteiger partial charge in [-0.2, -0.15) is 0 Å². The molecule has 0 amide bonds. The molecule has 8 nitrogen and oxygen atoms in total. The molecule has 1 aromatic heterocycles. The van der Waals surface area contributed by atoms with E-state index in [1.165, 1.54) is 7.11 Å². The first kappa shape index (κ1) is 19.4. The standard InChI is InChI=1S/C18H23N3O5S/c1-23-13-4-5-14(15(10-13)24-2)16-19-21(18(27)26-16)11-20-8-6-12(7-9-20)17(22)25-3/h4-5,10,12H,6-9,11H2,1-3H3. The molecule has 3 rings (SSSR count). The Hall–Kier alpha value is -2.39. The van der Waals surface area contributed by atoms with Crippen LogP contribution in [0.15, 0.2) is 22.6 Å². The number of carbonyl (C=O) groups excluding carboxylic acids is 1. The van der Waals surface area contributed by atoms with Crippen LogP contribution in [0.25, 0.3) is 11.5 Å². The highest BCUT2D eigenvalue weighted by Crippen LogP contribution is 2.32. The molecule has 0 N–H and O–H groups in total. The van der Waals surface area contributed by atoms with Crippen LogP contribution in [0, 0.1) is 10.8 Å². The van der Waals surface area contributed by atoms with E-state index in [4.69, 9.17) is 30.8 Å². The average Bonchev–Trinajstić information content (AvgIpc) is 3.07. The van der Waals surface area contributed by atoms with E-state index in [-0.39, 0.29) is 16.7 Å². The highest BCUT2D eigenvalue weighted by atomic mass is 32.1. The Morgan fingerprint density at radius 2 is 2.00 bits per heavy atom. The number of esters is 1. The fraction of sp³-hybridized carbons (Fsp3) is 0.500. The number of aromatic nitrogens is 2. The Labute approximate surface area is 162 Å². The Balaban J connectivity index is 1.73. The van der Waals surface area contributed by atoms with Gasteiger partial charge in [-0.3, -0.25) is 9.69 Å². The SMILES string of the molecule is COC(=O)C1CCN(Cn2nc(-c3ccc(OC)cc3OC)oc2=S)CC1. The zero-order valence-electron chi connectivity index (χ0n) is 15.6. The predicted molar refractivity (Wildman–Crippen MR) is 100 cm³/mol. The molecule has 1 fully saturated rings. The second kappa shape index (κ2) is 8.53. The minimum Gasteiger partial charge on any atom is -0.497 e. The van der Waals surface area contributed by atoms with Crippen molar-refractivity contribution in [1.29, 1.82) is 0 Å². The minimum absolute atomic E-state index is 0.0318. The molecule has 2 heterocycles. The summed E-state index contributed by atoms with van der Waals surface area (Å²) in [7, 11) is 4.60. The van der Waals surface area contributed by atoms with Crippen molar-refractivity contribution in [2.45, 2.75) is 19.5 Å². The molecule has 146 valence electrons. The molecule has 0 atom stereocenters. The van der Waals surface area contributed by atoms with Crippen LogP contribution in [0.1, 0.15) is 12.8 Å². The number of rotatable bonds is 6. The van der Waals surface area contributed by atoms with Crippen LogP contribution in [0.3, 0.4) is 0 Å². The Morgan fingerprint density at radius 3 is 2.63 bits per heavy atom. The normalized spacial score (nSPS) is 15.5. The van der Waals surface area contributed by atoms with Crippen molar-refractivity contribution >= 4 is 18.2 Å². The van der Waals surface area contributed by atoms with Gasteiger partial charge in [0.05, 0.1) is 39.5 Å². The van der Waals surface area contributed by atoms with Gasteiger partial charge in [0.15, 0.2) is 0 Å². The van der Waals surface area contributed by atoms with E-state index in [0.29, 0.717) is 29.6 Å². The zero-order valence-corrected chi connectivity index (χ0v) is 16.5. The lowest BCUT2D eigenvalue weighted by Gasteiger charge is -2.29. The molecule has 0 unspecified atom stereocenters. The van der Waals surface area contributed by atoms with E-state index < -0.39 is 0 Å². The Kier molecular flexibility index (Phi) is 6.12. The van der Waals surface area contributed by atoms with Gasteiger partial charge in [0.1, 0.15) is 11.5 Å². The van der Waals surface area contributed by atoms with E-state index in [1.807, 2.05) is 12.1 Å². The van der Waals surface area contributed by atoms with Gasteiger partial charge in [-0.25, -0.2) is 4.68 Å². The molecule has 0 spiro atoms. The van der Waals surface area contributed by atoms with E-state index in [0.717, 1.165) is 25.9 Å². The highest BCUT2D eigenvalue weighted by molar-refractivity contribution is 7.71. The fourth-order valence-electron chi connectivity index (χ4n) is 3.15. The van der Waals surface area contributed by atoms with Gasteiger partial charge >= 0.3 is 5.97 Å². The van der Waals surface area contributed by atoms with Gasteiger partial charge in [-0.15, -0.1) is 5.10 Å². The third-order valence-corrected chi connectivity index (χ3v) is 5.00. The van der Waals surface area contributed by atoms with Crippen molar-refractivity contribution in [2.24, 2.45) is 5.92 Å². The van der Waals surface area contributed by atoms with Gasteiger partial charge in [-0.1, -0.05) is 0 Å². The van der Waals surface area contributed by atoms with E-state index in [1.54, 1.807) is 25.0 Å². The van der Waals surface area contributed by atoms with Crippen molar-refractivity contribution in [3.05, 3.63) is 23.0 Å². The van der Waals surface area contributed by atoms with Crippen molar-refractivity contribution in [1.82, 2.24) is 14.7 Å². The van der Waals surface area contributed by atoms with Crippen molar-refractivity contribution < 1.29 is 23.4 Å². The first-order valence-corrected chi connectivity index (χ1v) is 9.07. The summed E-state index contributed by atoms with van der Waals surface area (Å²) in [6.07, 6.45) is 1.52. The summed E-state index contributed by atoms with van der Waals surface area (Å²) < 4.78 is 22.8. The molecule has 1 aliphatic heterocycles. The maximum absolute atomic E-state index is 11.6. The number of piperidine rings is 1. The average molecular weight is 393 g/mol. The van der Waals surface area contributed by atoms with E-state index in [2.05, 4.69) is 10.00 Å². The van der Waals surface area contributed by atoms with Gasteiger partial charge in [0.2, 0.25) is 0 Å². The monoisotopic (exact) mass is 393 g/mol. The van der Waals surface area contributed by atoms with Gasteiger partial charge in [-0.05, 0) is 37.2 Å². The van der Waals surface area contributed by atoms with Crippen molar-refractivity contribution in [3.63, 3.8) is 0 Å². The van der Waals surface area contributed by atoms with Crippen LogP contribution in [0.2, 0.25) is 0 Å². The summed E-state index contributed by atoms with van der Waals surface area (Å²) in [5.74, 6) is 1.50. The largest absolute Gasteiger partial charge is 0.497 e. The molecule has 9 heteroatoms. The molecule has 1 saturated heterocycles. The van der Waals surface area contributed by atoms with Crippen LogP contribution >= 0.6 is 12.2 Å². The number of ether oxygens (including phenoxy) is 3. The third-order valence-electron chi connectivity index (χ3n) is 4.70. The molecule has 1 aliphatic rings. The van der Waals surface area contributed by atoms with Crippen LogP contribution in [-0.2, 0) is 16.2 Å². The first-order valence-electron chi connectivity index (χ1n) is 8.66. The number of nitrogens with zero attached hydrogens (tertiary/aromatic N) is 3. The van der Waals surface area contributed by atoms with Crippen molar-refractivity contribution in [3.8, 4) is 23.0 Å². The second-order valence-corrected chi connectivity index (χ2v) is 6.65. The summed E-state index contributed by atoms with van der Waals surface area (Å²) in [6, 6.07) is 5.40. The number of likely N-dealkylation sites (tertiary alicyclic amines) is 1. The molecule has 27 heavy (non-hydrogen) atoms. The first-order chi connectivity index (χ1) is 13.0. The summed E-state index contributed by atoms with van der Waals surface area (Å²) in [6.45, 7) is 2.06. The smallest absolute Gasteiger partial charge is 0.308 e. The number of carbonyl (C=O) groups is 1. The lowest BCUT2D eigenvalue weighted by molar-refractivity contribution is -0.147. The quantitative estimate of drug-likeness (QED) is 0.548. The molecule has 2 aromatic rings. The van der Waals surface area contributed by atoms with Crippen LogP contribution in [0.4, 0.5) is 0 Å². The molecule has 1 aromatic carbocycles. The lowest BCUT2D eigenvalue weighted by atomic mass is 9.97. The molecule has 0 radical (unpaired) electrons. The maximum atomic E-state index is 11.6. The number of hydrogen-bond acceptors (Lipinski definition) is 8. The fourth-order valence-corrected chi connectivity index (χ4v) is 3.32. The third kappa shape index (κ3) is 4.30. The molecule has 0 bridgehead atoms. The van der Waals surface area contributed by atoms with Crippen molar-refractivity contribution in [2.75, 3.05) is 34.4 Å². The topological polar surface area (TPSA) is 79.0 Å². The second-order valence-electron chi connectivity index (χ2n) is 6.30. The number of methoxy groups -OCH3 is 3. The highest BCUT2D eigenvalue weighted by Gasteiger charge is 2.26. The van der Waals surface area contributed by atoms with Crippen LogP contribution < -0.4 is 9.47 Å². The molecule has 0 saturated carbocycles. The molecular weight excluding hydrogens is 370 g/mol. The van der Waals surface area contributed by atoms with Crippen LogP contribution in [-0.4, -0.2) is 55.1 Å². The van der Waals surface area contributed by atoms with Gasteiger partial charge < -0.3 is 18.6 Å². The van der Waals surface area contributed by atoms with E-state index >= 15 is 0 Å². The Morgan fingerprint density at radius 1 is 1.26 bits per heavy atom. The van der Waals surface area contributed by atoms with Gasteiger partial charge in [0, 0.05) is 19.2 Å². The minimum atomic E-state index is -0.137. The predicted octanol–water partition coefficient (Wildman–Crippen LogP) is 2.73. The summed E-state index contributed by atoms with van der Waals surface area (Å²) in [4.78, 5) is 14.1. The summed E-state index contributed by atoms with van der Waals surface area (Å²) in [5.41, 5.74) is 0.701. The van der Waals surface area contributed by atoms with Crippen LogP contribution in [0.5, 0.6) is 11.5 Å². The number of hydrogen-bond donors (Lipinski definition) is 0. The van der Waals surface area contributed by atoms with Gasteiger partial charge in [0.25, 0.3) is 10.7 Å². The summed E-state index contributed by atoms with van der Waals surface area (Å²) >= 11 is 5.32. The molecular formula is C18H23N3O5S. The summed E-state index contributed by atoms with van der Waals surface area (Å²) in [5, 5.41) is 4.50. The Bertz CT molecular complexity index is 855. The number of benzene rings is 1. The zero-order chi connectivity index (χ0) is 19.4. The van der Waals surface area contributed by atoms with E-state index in [9.17, 15) is 4.79 Å². The molecule has 0 aliphatic carbocycles. The lowest BCUT2D eigenvalue weighted by Crippen LogP contribution is -2.38.